The number of rotatable bonds is 4. The van der Waals surface area contributed by atoms with Crippen LogP contribution in [0, 0.1) is 0 Å². The molecule has 0 bridgehead atoms. The van der Waals surface area contributed by atoms with Crippen LogP contribution in [0.2, 0.25) is 4.34 Å². The van der Waals surface area contributed by atoms with Crippen molar-refractivity contribution in [2.75, 3.05) is 13.6 Å². The lowest BCUT2D eigenvalue weighted by Crippen LogP contribution is -2.27. The Bertz CT molecular complexity index is 844. The molecular weight excluding hydrogens is 348 g/mol. The fourth-order valence-corrected chi connectivity index (χ4v) is 3.51. The van der Waals surface area contributed by atoms with E-state index in [9.17, 15) is 14.7 Å². The number of likely N-dealkylation sites (N-methyl/N-ethyl adjacent to an activating group) is 1. The lowest BCUT2D eigenvalue weighted by molar-refractivity contribution is -0.126. The minimum atomic E-state index is -0.531. The topological polar surface area (TPSA) is 69.6 Å². The molecule has 0 saturated heterocycles. The molecule has 2 N–H and O–H groups in total. The monoisotopic (exact) mass is 362 g/mol. The van der Waals surface area contributed by atoms with E-state index in [-0.39, 0.29) is 12.1 Å². The standard InChI is InChI=1S/C17H15ClN2O3S/c1-20-9-12(15(21)17(20)23)16(22)19-8-10-3-2-4-11(7-10)13-5-6-14(18)24-13/h2-7,21H,8-9H2,1H3,(H,19,22). The van der Waals surface area contributed by atoms with Crippen LogP contribution in [0.3, 0.4) is 0 Å². The van der Waals surface area contributed by atoms with E-state index >= 15 is 0 Å². The van der Waals surface area contributed by atoms with E-state index in [0.717, 1.165) is 20.3 Å². The summed E-state index contributed by atoms with van der Waals surface area (Å²) in [6.07, 6.45) is 0. The molecule has 0 unspecified atom stereocenters. The van der Waals surface area contributed by atoms with Gasteiger partial charge in [-0.3, -0.25) is 9.59 Å². The quantitative estimate of drug-likeness (QED) is 0.878. The molecule has 1 aromatic carbocycles. The minimum Gasteiger partial charge on any atom is -0.503 e. The van der Waals surface area contributed by atoms with Gasteiger partial charge in [0.2, 0.25) is 0 Å². The van der Waals surface area contributed by atoms with Gasteiger partial charge in [0.25, 0.3) is 11.8 Å². The first kappa shape index (κ1) is 16.5. The van der Waals surface area contributed by atoms with E-state index in [1.807, 2.05) is 36.4 Å². The molecule has 0 radical (unpaired) electrons. The molecular formula is C17H15ClN2O3S. The fourth-order valence-electron chi connectivity index (χ4n) is 2.47. The molecule has 0 spiro atoms. The van der Waals surface area contributed by atoms with Crippen molar-refractivity contribution >= 4 is 34.8 Å². The van der Waals surface area contributed by atoms with Gasteiger partial charge in [-0.05, 0) is 29.3 Å². The third-order valence-electron chi connectivity index (χ3n) is 3.74. The number of nitrogens with zero attached hydrogens (tertiary/aromatic N) is 1. The maximum atomic E-state index is 12.2. The lowest BCUT2D eigenvalue weighted by Gasteiger charge is -2.09. The molecule has 3 rings (SSSR count). The Labute approximate surface area is 148 Å². The summed E-state index contributed by atoms with van der Waals surface area (Å²) in [6, 6.07) is 11.6. The van der Waals surface area contributed by atoms with Crippen molar-refractivity contribution in [3.05, 3.63) is 57.6 Å². The van der Waals surface area contributed by atoms with Crippen LogP contribution >= 0.6 is 22.9 Å². The Morgan fingerprint density at radius 1 is 1.38 bits per heavy atom. The molecule has 0 atom stereocenters. The summed E-state index contributed by atoms with van der Waals surface area (Å²) in [4.78, 5) is 26.0. The van der Waals surface area contributed by atoms with Gasteiger partial charge in [0, 0.05) is 18.5 Å². The fraction of sp³-hybridized carbons (Fsp3) is 0.176. The van der Waals surface area contributed by atoms with Crippen molar-refractivity contribution in [3.63, 3.8) is 0 Å². The van der Waals surface area contributed by atoms with Crippen LogP contribution in [-0.2, 0) is 16.1 Å². The van der Waals surface area contributed by atoms with Gasteiger partial charge in [-0.1, -0.05) is 29.8 Å². The highest BCUT2D eigenvalue weighted by molar-refractivity contribution is 7.19. The van der Waals surface area contributed by atoms with Crippen LogP contribution < -0.4 is 5.32 Å². The second-order valence-electron chi connectivity index (χ2n) is 5.48. The van der Waals surface area contributed by atoms with Crippen LogP contribution in [0.1, 0.15) is 5.56 Å². The summed E-state index contributed by atoms with van der Waals surface area (Å²) in [5, 5.41) is 12.4. The maximum Gasteiger partial charge on any atom is 0.289 e. The van der Waals surface area contributed by atoms with Crippen molar-refractivity contribution in [3.8, 4) is 10.4 Å². The number of amides is 2. The summed E-state index contributed by atoms with van der Waals surface area (Å²) in [7, 11) is 1.54. The molecule has 1 aliphatic heterocycles. The Kier molecular flexibility index (Phi) is 4.59. The third kappa shape index (κ3) is 3.29. The summed E-state index contributed by atoms with van der Waals surface area (Å²) in [6.45, 7) is 0.421. The smallest absolute Gasteiger partial charge is 0.289 e. The molecule has 2 aromatic rings. The number of aliphatic hydroxyl groups is 1. The number of halogens is 1. The number of hydrogen-bond acceptors (Lipinski definition) is 4. The van der Waals surface area contributed by atoms with Crippen LogP contribution in [0.15, 0.2) is 47.7 Å². The van der Waals surface area contributed by atoms with Gasteiger partial charge < -0.3 is 15.3 Å². The summed E-state index contributed by atoms with van der Waals surface area (Å²) in [5.74, 6) is -1.44. The van der Waals surface area contributed by atoms with Gasteiger partial charge in [-0.25, -0.2) is 0 Å². The average Bonchev–Trinajstić information content (AvgIpc) is 3.12. The highest BCUT2D eigenvalue weighted by Crippen LogP contribution is 2.31. The Balaban J connectivity index is 1.69. The van der Waals surface area contributed by atoms with E-state index < -0.39 is 17.6 Å². The largest absolute Gasteiger partial charge is 0.503 e. The lowest BCUT2D eigenvalue weighted by atomic mass is 10.1. The van der Waals surface area contributed by atoms with Crippen molar-refractivity contribution in [2.24, 2.45) is 0 Å². The van der Waals surface area contributed by atoms with Crippen molar-refractivity contribution in [1.82, 2.24) is 10.2 Å². The first-order valence-electron chi connectivity index (χ1n) is 7.26. The predicted octanol–water partition coefficient (Wildman–Crippen LogP) is 2.97. The number of aliphatic hydroxyl groups excluding tert-OH is 1. The number of carbonyl (C=O) groups is 2. The molecule has 2 amide bonds. The molecule has 0 saturated carbocycles. The van der Waals surface area contributed by atoms with E-state index in [1.54, 1.807) is 0 Å². The molecule has 124 valence electrons. The predicted molar refractivity (Wildman–Crippen MR) is 93.9 cm³/mol. The molecule has 0 aliphatic carbocycles. The van der Waals surface area contributed by atoms with Crippen LogP contribution in [0.25, 0.3) is 10.4 Å². The van der Waals surface area contributed by atoms with Gasteiger partial charge in [-0.2, -0.15) is 0 Å². The summed E-state index contributed by atoms with van der Waals surface area (Å²) < 4.78 is 0.723. The molecule has 2 heterocycles. The zero-order valence-corrected chi connectivity index (χ0v) is 14.4. The maximum absolute atomic E-state index is 12.2. The normalized spacial score (nSPS) is 14.4. The van der Waals surface area contributed by atoms with Crippen molar-refractivity contribution in [2.45, 2.75) is 6.54 Å². The highest BCUT2D eigenvalue weighted by atomic mass is 35.5. The van der Waals surface area contributed by atoms with E-state index in [2.05, 4.69) is 5.32 Å². The van der Waals surface area contributed by atoms with Crippen LogP contribution in [-0.4, -0.2) is 35.4 Å². The Hall–Kier alpha value is -2.31. The molecule has 1 aromatic heterocycles. The van der Waals surface area contributed by atoms with E-state index in [0.29, 0.717) is 6.54 Å². The van der Waals surface area contributed by atoms with Crippen LogP contribution in [0.5, 0.6) is 0 Å². The first-order valence-corrected chi connectivity index (χ1v) is 8.45. The summed E-state index contributed by atoms with van der Waals surface area (Å²) in [5.41, 5.74) is 2.04. The average molecular weight is 363 g/mol. The number of carbonyl (C=O) groups excluding carboxylic acids is 2. The number of hydrogen-bond donors (Lipinski definition) is 2. The molecule has 1 aliphatic rings. The first-order chi connectivity index (χ1) is 11.5. The number of benzene rings is 1. The Morgan fingerprint density at radius 3 is 2.79 bits per heavy atom. The molecule has 0 fully saturated rings. The van der Waals surface area contributed by atoms with Crippen molar-refractivity contribution in [1.29, 1.82) is 0 Å². The van der Waals surface area contributed by atoms with Gasteiger partial charge in [0.1, 0.15) is 0 Å². The summed E-state index contributed by atoms with van der Waals surface area (Å²) >= 11 is 7.45. The minimum absolute atomic E-state index is 0.101. The SMILES string of the molecule is CN1CC(C(=O)NCc2cccc(-c3ccc(Cl)s3)c2)=C(O)C1=O. The zero-order valence-electron chi connectivity index (χ0n) is 12.9. The van der Waals surface area contributed by atoms with Crippen molar-refractivity contribution < 1.29 is 14.7 Å². The highest BCUT2D eigenvalue weighted by Gasteiger charge is 2.31. The zero-order chi connectivity index (χ0) is 17.3. The third-order valence-corrected chi connectivity index (χ3v) is 5.02. The van der Waals surface area contributed by atoms with E-state index in [4.69, 9.17) is 11.6 Å². The second kappa shape index (κ2) is 6.67. The van der Waals surface area contributed by atoms with E-state index in [1.165, 1.54) is 23.3 Å². The van der Waals surface area contributed by atoms with Gasteiger partial charge in [-0.15, -0.1) is 11.3 Å². The van der Waals surface area contributed by atoms with Crippen LogP contribution in [0.4, 0.5) is 0 Å². The molecule has 5 nitrogen and oxygen atoms in total. The van der Waals surface area contributed by atoms with Gasteiger partial charge in [0.05, 0.1) is 16.5 Å². The van der Waals surface area contributed by atoms with Gasteiger partial charge in [0.15, 0.2) is 5.76 Å². The Morgan fingerprint density at radius 2 is 2.17 bits per heavy atom. The molecule has 7 heteroatoms. The van der Waals surface area contributed by atoms with Gasteiger partial charge >= 0.3 is 0 Å². The second-order valence-corrected chi connectivity index (χ2v) is 7.19. The molecule has 24 heavy (non-hydrogen) atoms. The number of thiophene rings is 1. The number of nitrogens with one attached hydrogen (secondary N) is 1.